The lowest BCUT2D eigenvalue weighted by atomic mass is 10.1. The van der Waals surface area contributed by atoms with Crippen LogP contribution in [0.5, 0.6) is 5.75 Å². The fraction of sp³-hybridized carbons (Fsp3) is 0.538. The molecule has 0 spiro atoms. The van der Waals surface area contributed by atoms with Crippen LogP contribution in [-0.2, 0) is 0 Å². The summed E-state index contributed by atoms with van der Waals surface area (Å²) in [5.74, 6) is 1.61. The van der Waals surface area contributed by atoms with Gasteiger partial charge in [-0.15, -0.1) is 0 Å². The summed E-state index contributed by atoms with van der Waals surface area (Å²) < 4.78 is 5.73. The van der Waals surface area contributed by atoms with E-state index < -0.39 is 0 Å². The number of rotatable bonds is 3. The van der Waals surface area contributed by atoms with Crippen molar-refractivity contribution in [3.63, 3.8) is 0 Å². The van der Waals surface area contributed by atoms with Gasteiger partial charge in [0.1, 0.15) is 5.75 Å². The van der Waals surface area contributed by atoms with Crippen LogP contribution >= 0.6 is 0 Å². The van der Waals surface area contributed by atoms with Crippen molar-refractivity contribution in [1.29, 1.82) is 0 Å². The predicted molar refractivity (Wildman–Crippen MR) is 61.0 cm³/mol. The molecule has 0 saturated heterocycles. The molecule has 0 saturated carbocycles. The Morgan fingerprint density at radius 3 is 2.14 bits per heavy atom. The lowest BCUT2D eigenvalue weighted by molar-refractivity contribution is 0.269. The van der Waals surface area contributed by atoms with Gasteiger partial charge in [-0.05, 0) is 49.4 Å². The van der Waals surface area contributed by atoms with Gasteiger partial charge in [0.25, 0.3) is 0 Å². The summed E-state index contributed by atoms with van der Waals surface area (Å²) in [6.07, 6.45) is 0. The minimum atomic E-state index is 0.580. The topological polar surface area (TPSA) is 9.23 Å². The van der Waals surface area contributed by atoms with Crippen LogP contribution in [0.2, 0.25) is 0 Å². The Hall–Kier alpha value is -0.980. The normalized spacial score (nSPS) is 10.7. The highest BCUT2D eigenvalue weighted by Crippen LogP contribution is 2.22. The van der Waals surface area contributed by atoms with Gasteiger partial charge in [0, 0.05) is 0 Å². The van der Waals surface area contributed by atoms with Gasteiger partial charge in [-0.25, -0.2) is 0 Å². The van der Waals surface area contributed by atoms with Gasteiger partial charge in [0.05, 0.1) is 6.61 Å². The molecule has 0 aliphatic carbocycles. The van der Waals surface area contributed by atoms with Gasteiger partial charge in [-0.2, -0.15) is 0 Å². The van der Waals surface area contributed by atoms with E-state index >= 15 is 0 Å². The Balaban J connectivity index is 2.82. The van der Waals surface area contributed by atoms with E-state index in [0.717, 1.165) is 12.4 Å². The molecule has 0 bridgehead atoms. The van der Waals surface area contributed by atoms with Crippen molar-refractivity contribution >= 4 is 0 Å². The van der Waals surface area contributed by atoms with Crippen molar-refractivity contribution in [2.75, 3.05) is 6.61 Å². The first-order valence-corrected chi connectivity index (χ1v) is 5.21. The van der Waals surface area contributed by atoms with Crippen molar-refractivity contribution in [3.8, 4) is 5.75 Å². The van der Waals surface area contributed by atoms with E-state index in [0.29, 0.717) is 5.92 Å². The Kier molecular flexibility index (Phi) is 3.56. The van der Waals surface area contributed by atoms with Gasteiger partial charge in [0.15, 0.2) is 0 Å². The predicted octanol–water partition coefficient (Wildman–Crippen LogP) is 3.65. The van der Waals surface area contributed by atoms with Crippen LogP contribution in [0, 0.1) is 26.7 Å². The average Bonchev–Trinajstić information content (AvgIpc) is 2.09. The monoisotopic (exact) mass is 192 g/mol. The Bertz CT molecular complexity index is 313. The summed E-state index contributed by atoms with van der Waals surface area (Å²) in [5.41, 5.74) is 3.86. The second-order valence-electron chi connectivity index (χ2n) is 4.41. The van der Waals surface area contributed by atoms with Crippen molar-refractivity contribution in [1.82, 2.24) is 0 Å². The highest BCUT2D eigenvalue weighted by Gasteiger charge is 2.03. The SMILES string of the molecule is Cc1cc(C)c(OCC(C)C)cc1C. The third-order valence-electron chi connectivity index (χ3n) is 2.36. The maximum absolute atomic E-state index is 5.73. The van der Waals surface area contributed by atoms with Crippen LogP contribution < -0.4 is 4.74 Å². The quantitative estimate of drug-likeness (QED) is 0.710. The molecule has 0 N–H and O–H groups in total. The van der Waals surface area contributed by atoms with Gasteiger partial charge in [-0.1, -0.05) is 19.9 Å². The second-order valence-corrected chi connectivity index (χ2v) is 4.41. The number of ether oxygens (including phenoxy) is 1. The molecule has 0 heterocycles. The van der Waals surface area contributed by atoms with E-state index in [2.05, 4.69) is 46.8 Å². The molecule has 0 atom stereocenters. The molecule has 0 aliphatic heterocycles. The zero-order valence-electron chi connectivity index (χ0n) is 9.85. The summed E-state index contributed by atoms with van der Waals surface area (Å²) in [7, 11) is 0. The summed E-state index contributed by atoms with van der Waals surface area (Å²) >= 11 is 0. The lowest BCUT2D eigenvalue weighted by Crippen LogP contribution is -2.05. The average molecular weight is 192 g/mol. The number of hydrogen-bond acceptors (Lipinski definition) is 1. The maximum atomic E-state index is 5.73. The fourth-order valence-corrected chi connectivity index (χ4v) is 1.35. The van der Waals surface area contributed by atoms with E-state index in [1.54, 1.807) is 0 Å². The van der Waals surface area contributed by atoms with Crippen LogP contribution in [0.3, 0.4) is 0 Å². The summed E-state index contributed by atoms with van der Waals surface area (Å²) in [5, 5.41) is 0. The van der Waals surface area contributed by atoms with Gasteiger partial charge < -0.3 is 4.74 Å². The minimum Gasteiger partial charge on any atom is -0.493 e. The molecule has 0 aliphatic rings. The molecule has 1 nitrogen and oxygen atoms in total. The van der Waals surface area contributed by atoms with Crippen molar-refractivity contribution in [2.24, 2.45) is 5.92 Å². The Morgan fingerprint density at radius 2 is 1.57 bits per heavy atom. The first-order chi connectivity index (χ1) is 6.50. The van der Waals surface area contributed by atoms with Crippen LogP contribution in [0.1, 0.15) is 30.5 Å². The van der Waals surface area contributed by atoms with Gasteiger partial charge in [0.2, 0.25) is 0 Å². The van der Waals surface area contributed by atoms with Crippen LogP contribution in [0.4, 0.5) is 0 Å². The van der Waals surface area contributed by atoms with Gasteiger partial charge in [-0.3, -0.25) is 0 Å². The second kappa shape index (κ2) is 4.50. The minimum absolute atomic E-state index is 0.580. The third-order valence-corrected chi connectivity index (χ3v) is 2.36. The highest BCUT2D eigenvalue weighted by atomic mass is 16.5. The maximum Gasteiger partial charge on any atom is 0.122 e. The fourth-order valence-electron chi connectivity index (χ4n) is 1.35. The number of benzene rings is 1. The van der Waals surface area contributed by atoms with E-state index in [4.69, 9.17) is 4.74 Å². The summed E-state index contributed by atoms with van der Waals surface area (Å²) in [6, 6.07) is 4.32. The molecule has 0 radical (unpaired) electrons. The Labute approximate surface area is 87.1 Å². The Morgan fingerprint density at radius 1 is 1.00 bits per heavy atom. The molecule has 0 unspecified atom stereocenters. The molecular weight excluding hydrogens is 172 g/mol. The lowest BCUT2D eigenvalue weighted by Gasteiger charge is -2.13. The smallest absolute Gasteiger partial charge is 0.122 e. The molecule has 1 aromatic rings. The molecule has 0 fully saturated rings. The summed E-state index contributed by atoms with van der Waals surface area (Å²) in [6.45, 7) is 11.5. The van der Waals surface area contributed by atoms with Crippen molar-refractivity contribution in [2.45, 2.75) is 34.6 Å². The molecule has 78 valence electrons. The third kappa shape index (κ3) is 2.76. The van der Waals surface area contributed by atoms with E-state index in [1.807, 2.05) is 0 Å². The number of hydrogen-bond donors (Lipinski definition) is 0. The molecule has 14 heavy (non-hydrogen) atoms. The van der Waals surface area contributed by atoms with E-state index in [-0.39, 0.29) is 0 Å². The van der Waals surface area contributed by atoms with Crippen molar-refractivity contribution < 1.29 is 4.74 Å². The largest absolute Gasteiger partial charge is 0.493 e. The van der Waals surface area contributed by atoms with Crippen molar-refractivity contribution in [3.05, 3.63) is 28.8 Å². The number of aryl methyl sites for hydroxylation is 3. The molecule has 1 aromatic carbocycles. The molecule has 1 heteroatoms. The molecule has 0 aromatic heterocycles. The van der Waals surface area contributed by atoms with Crippen LogP contribution in [0.25, 0.3) is 0 Å². The van der Waals surface area contributed by atoms with E-state index in [1.165, 1.54) is 16.7 Å². The highest BCUT2D eigenvalue weighted by molar-refractivity contribution is 5.40. The van der Waals surface area contributed by atoms with Crippen LogP contribution in [-0.4, -0.2) is 6.61 Å². The standard InChI is InChI=1S/C13H20O/c1-9(2)8-14-13-7-11(4)10(3)6-12(13)5/h6-7,9H,8H2,1-5H3. The molecular formula is C13H20O. The molecule has 0 amide bonds. The summed E-state index contributed by atoms with van der Waals surface area (Å²) in [4.78, 5) is 0. The van der Waals surface area contributed by atoms with Crippen LogP contribution in [0.15, 0.2) is 12.1 Å². The van der Waals surface area contributed by atoms with Gasteiger partial charge >= 0.3 is 0 Å². The van der Waals surface area contributed by atoms with E-state index in [9.17, 15) is 0 Å². The first kappa shape index (κ1) is 11.1. The zero-order valence-corrected chi connectivity index (χ0v) is 9.85. The first-order valence-electron chi connectivity index (χ1n) is 5.21. The zero-order chi connectivity index (χ0) is 10.7. The molecule has 1 rings (SSSR count).